The molecule has 1 rings (SSSR count). The fraction of sp³-hybridized carbons (Fsp3) is 0.250. The third kappa shape index (κ3) is 1.72. The lowest BCUT2D eigenvalue weighted by atomic mass is 10.1. The first-order valence-corrected chi connectivity index (χ1v) is 3.43. The fourth-order valence-electron chi connectivity index (χ4n) is 0.775. The van der Waals surface area contributed by atoms with Crippen LogP contribution in [0.5, 0.6) is 5.75 Å². The van der Waals surface area contributed by atoms with E-state index < -0.39 is 11.5 Å². The van der Waals surface area contributed by atoms with Gasteiger partial charge in [0, 0.05) is 6.07 Å². The van der Waals surface area contributed by atoms with Crippen molar-refractivity contribution in [1.82, 2.24) is 0 Å². The summed E-state index contributed by atoms with van der Waals surface area (Å²) >= 11 is 0. The van der Waals surface area contributed by atoms with Gasteiger partial charge in [0.25, 0.3) is 0 Å². The van der Waals surface area contributed by atoms with E-state index in [9.17, 15) is 9.59 Å². The van der Waals surface area contributed by atoms with Gasteiger partial charge in [-0.2, -0.15) is 0 Å². The maximum absolute atomic E-state index is 10.7. The summed E-state index contributed by atoms with van der Waals surface area (Å²) in [7, 11) is 0. The van der Waals surface area contributed by atoms with Crippen LogP contribution >= 0.6 is 0 Å². The molecular weight excluding hydrogens is 160 g/mol. The smallest absolute Gasteiger partial charge is 0.339 e. The van der Waals surface area contributed by atoms with Gasteiger partial charge < -0.3 is 14.3 Å². The Morgan fingerprint density at radius 1 is 1.58 bits per heavy atom. The molecular formula is C8H8O4. The zero-order valence-electron chi connectivity index (χ0n) is 6.48. The molecule has 0 aliphatic heterocycles. The molecule has 0 amide bonds. The van der Waals surface area contributed by atoms with Crippen LogP contribution in [0.25, 0.3) is 0 Å². The molecule has 0 spiro atoms. The van der Waals surface area contributed by atoms with E-state index in [-0.39, 0.29) is 11.5 Å². The van der Waals surface area contributed by atoms with E-state index in [2.05, 4.69) is 4.42 Å². The molecule has 0 radical (unpaired) electrons. The molecule has 0 fully saturated rings. The van der Waals surface area contributed by atoms with Crippen molar-refractivity contribution in [3.63, 3.8) is 0 Å². The van der Waals surface area contributed by atoms with Crippen LogP contribution in [0.4, 0.5) is 0 Å². The molecule has 4 heteroatoms. The minimum Gasteiger partial charge on any atom is -0.508 e. The Kier molecular flexibility index (Phi) is 2.28. The van der Waals surface area contributed by atoms with E-state index in [1.807, 2.05) is 0 Å². The monoisotopic (exact) mass is 168 g/mol. The summed E-state index contributed by atoms with van der Waals surface area (Å²) < 4.78 is 4.66. The molecule has 0 aromatic carbocycles. The highest BCUT2D eigenvalue weighted by Crippen LogP contribution is 2.15. The van der Waals surface area contributed by atoms with E-state index in [4.69, 9.17) is 5.11 Å². The lowest BCUT2D eigenvalue weighted by Crippen LogP contribution is -2.02. The van der Waals surface area contributed by atoms with Crippen LogP contribution in [0.1, 0.15) is 18.6 Å². The Hall–Kier alpha value is -1.58. The van der Waals surface area contributed by atoms with Crippen molar-refractivity contribution in [2.75, 3.05) is 0 Å². The third-order valence-electron chi connectivity index (χ3n) is 1.43. The van der Waals surface area contributed by atoms with E-state index in [0.717, 1.165) is 6.07 Å². The molecule has 1 unspecified atom stereocenters. The van der Waals surface area contributed by atoms with Gasteiger partial charge in [-0.25, -0.2) is 4.79 Å². The molecule has 1 atom stereocenters. The summed E-state index contributed by atoms with van der Waals surface area (Å²) in [6.45, 7) is 1.57. The molecule has 0 bridgehead atoms. The van der Waals surface area contributed by atoms with Crippen molar-refractivity contribution < 1.29 is 14.3 Å². The van der Waals surface area contributed by atoms with Gasteiger partial charge in [-0.05, 0) is 6.92 Å². The Morgan fingerprint density at radius 2 is 2.25 bits per heavy atom. The Labute approximate surface area is 68.4 Å². The van der Waals surface area contributed by atoms with Gasteiger partial charge >= 0.3 is 5.63 Å². The molecule has 4 nitrogen and oxygen atoms in total. The number of carbonyl (C=O) groups is 1. The SMILES string of the molecule is CC(C=O)c1cc(O)cc(=O)o1. The molecule has 0 aliphatic rings. The maximum atomic E-state index is 10.7. The molecule has 0 saturated carbocycles. The van der Waals surface area contributed by atoms with Crippen LogP contribution in [0, 0.1) is 0 Å². The van der Waals surface area contributed by atoms with Crippen LogP contribution in [0.15, 0.2) is 21.3 Å². The van der Waals surface area contributed by atoms with Crippen LogP contribution in [0.3, 0.4) is 0 Å². The minimum absolute atomic E-state index is 0.176. The molecule has 1 aromatic heterocycles. The van der Waals surface area contributed by atoms with Crippen molar-refractivity contribution in [1.29, 1.82) is 0 Å². The fourth-order valence-corrected chi connectivity index (χ4v) is 0.775. The number of hydrogen-bond acceptors (Lipinski definition) is 4. The molecule has 0 saturated heterocycles. The van der Waals surface area contributed by atoms with E-state index in [0.29, 0.717) is 6.29 Å². The highest BCUT2D eigenvalue weighted by molar-refractivity contribution is 5.59. The quantitative estimate of drug-likeness (QED) is 0.658. The third-order valence-corrected chi connectivity index (χ3v) is 1.43. The summed E-state index contributed by atoms with van der Waals surface area (Å²) in [5.41, 5.74) is -0.654. The normalized spacial score (nSPS) is 12.4. The first-order chi connectivity index (χ1) is 5.63. The Balaban J connectivity index is 3.17. The topological polar surface area (TPSA) is 67.5 Å². The van der Waals surface area contributed by atoms with Crippen LogP contribution < -0.4 is 5.63 Å². The zero-order valence-corrected chi connectivity index (χ0v) is 6.48. The number of hydrogen-bond donors (Lipinski definition) is 1. The van der Waals surface area contributed by atoms with Gasteiger partial charge in [-0.1, -0.05) is 0 Å². The first-order valence-electron chi connectivity index (χ1n) is 3.43. The largest absolute Gasteiger partial charge is 0.508 e. The van der Waals surface area contributed by atoms with Crippen molar-refractivity contribution in [2.24, 2.45) is 0 Å². The Morgan fingerprint density at radius 3 is 2.75 bits per heavy atom. The molecule has 12 heavy (non-hydrogen) atoms. The number of rotatable bonds is 2. The van der Waals surface area contributed by atoms with Crippen LogP contribution in [-0.4, -0.2) is 11.4 Å². The highest BCUT2D eigenvalue weighted by Gasteiger charge is 2.08. The highest BCUT2D eigenvalue weighted by atomic mass is 16.4. The van der Waals surface area contributed by atoms with Crippen molar-refractivity contribution >= 4 is 6.29 Å². The van der Waals surface area contributed by atoms with Crippen LogP contribution in [0.2, 0.25) is 0 Å². The van der Waals surface area contributed by atoms with Crippen molar-refractivity contribution in [3.8, 4) is 5.75 Å². The Bertz CT molecular complexity index is 339. The molecule has 1 N–H and O–H groups in total. The first kappa shape index (κ1) is 8.52. The average Bonchev–Trinajstić information content (AvgIpc) is 2.01. The van der Waals surface area contributed by atoms with Crippen molar-refractivity contribution in [3.05, 3.63) is 28.3 Å². The number of aromatic hydroxyl groups is 1. The number of aldehydes is 1. The summed E-state index contributed by atoms with van der Waals surface area (Å²) in [6, 6.07) is 2.20. The molecule has 1 aromatic rings. The molecule has 64 valence electrons. The second-order valence-corrected chi connectivity index (χ2v) is 2.46. The van der Waals surface area contributed by atoms with E-state index in [1.165, 1.54) is 6.07 Å². The molecule has 1 heterocycles. The lowest BCUT2D eigenvalue weighted by Gasteiger charge is -2.00. The molecule has 0 aliphatic carbocycles. The standard InChI is InChI=1S/C8H8O4/c1-5(4-9)7-2-6(10)3-8(11)12-7/h2-5,10H,1H3. The minimum atomic E-state index is -0.654. The van der Waals surface area contributed by atoms with Gasteiger partial charge in [0.05, 0.1) is 12.0 Å². The average molecular weight is 168 g/mol. The van der Waals surface area contributed by atoms with Gasteiger partial charge in [-0.3, -0.25) is 0 Å². The van der Waals surface area contributed by atoms with E-state index in [1.54, 1.807) is 6.92 Å². The summed E-state index contributed by atoms with van der Waals surface area (Å²) in [4.78, 5) is 21.0. The van der Waals surface area contributed by atoms with E-state index >= 15 is 0 Å². The van der Waals surface area contributed by atoms with Gasteiger partial charge in [0.1, 0.15) is 17.8 Å². The second kappa shape index (κ2) is 3.21. The summed E-state index contributed by atoms with van der Waals surface area (Å²) in [5.74, 6) is -0.519. The maximum Gasteiger partial charge on any atom is 0.339 e. The summed E-state index contributed by atoms with van der Waals surface area (Å²) in [5, 5.41) is 8.96. The van der Waals surface area contributed by atoms with Gasteiger partial charge in [0.15, 0.2) is 0 Å². The van der Waals surface area contributed by atoms with Crippen molar-refractivity contribution in [2.45, 2.75) is 12.8 Å². The summed E-state index contributed by atoms with van der Waals surface area (Å²) in [6.07, 6.45) is 0.637. The second-order valence-electron chi connectivity index (χ2n) is 2.46. The zero-order chi connectivity index (χ0) is 9.14. The number of carbonyl (C=O) groups excluding carboxylic acids is 1. The van der Waals surface area contributed by atoms with Crippen LogP contribution in [-0.2, 0) is 4.79 Å². The predicted molar refractivity (Wildman–Crippen MR) is 41.1 cm³/mol. The van der Waals surface area contributed by atoms with Gasteiger partial charge in [0.2, 0.25) is 0 Å². The van der Waals surface area contributed by atoms with Gasteiger partial charge in [-0.15, -0.1) is 0 Å². The lowest BCUT2D eigenvalue weighted by molar-refractivity contribution is -0.109. The predicted octanol–water partition coefficient (Wildman–Crippen LogP) is 0.648.